The number of hydrogen-bond donors (Lipinski definition) is 1. The topological polar surface area (TPSA) is 64.4 Å². The minimum atomic E-state index is -0.261. The Morgan fingerprint density at radius 1 is 1.42 bits per heavy atom. The molecule has 0 aliphatic rings. The van der Waals surface area contributed by atoms with Crippen molar-refractivity contribution in [2.75, 3.05) is 12.4 Å². The van der Waals surface area contributed by atoms with Crippen LogP contribution in [0.5, 0.6) is 5.75 Å². The van der Waals surface area contributed by atoms with Crippen LogP contribution >= 0.6 is 27.3 Å². The fraction of sp³-hybridized carbons (Fsp3) is 0.0588. The van der Waals surface area contributed by atoms with E-state index in [0.29, 0.717) is 10.9 Å². The van der Waals surface area contributed by atoms with E-state index >= 15 is 0 Å². The number of aromatic nitrogens is 1. The van der Waals surface area contributed by atoms with Crippen LogP contribution in [0.4, 0.5) is 5.13 Å². The molecular formula is C17H13BrN2O3S. The van der Waals surface area contributed by atoms with E-state index in [0.717, 1.165) is 21.5 Å². The third-order valence-electron chi connectivity index (χ3n) is 3.12. The zero-order chi connectivity index (χ0) is 16.9. The molecule has 0 radical (unpaired) electrons. The predicted octanol–water partition coefficient (Wildman–Crippen LogP) is 4.83. The van der Waals surface area contributed by atoms with Crippen molar-refractivity contribution in [3.63, 3.8) is 0 Å². The van der Waals surface area contributed by atoms with Crippen LogP contribution in [0, 0.1) is 0 Å². The molecule has 3 rings (SSSR count). The molecular weight excluding hydrogens is 392 g/mol. The Kier molecular flexibility index (Phi) is 5.12. The number of halogens is 1. The van der Waals surface area contributed by atoms with Crippen molar-refractivity contribution in [2.24, 2.45) is 0 Å². The number of rotatable bonds is 5. The number of carbonyl (C=O) groups excluding carboxylic acids is 1. The van der Waals surface area contributed by atoms with Gasteiger partial charge in [0.15, 0.2) is 5.13 Å². The third-order valence-corrected chi connectivity index (χ3v) is 4.50. The second-order valence-electron chi connectivity index (χ2n) is 4.73. The number of hydrogen-bond acceptors (Lipinski definition) is 5. The Morgan fingerprint density at radius 3 is 3.00 bits per heavy atom. The number of carbonyl (C=O) groups is 1. The second kappa shape index (κ2) is 7.46. The van der Waals surface area contributed by atoms with Crippen molar-refractivity contribution in [1.29, 1.82) is 0 Å². The summed E-state index contributed by atoms with van der Waals surface area (Å²) in [5.74, 6) is 1.11. The van der Waals surface area contributed by atoms with Gasteiger partial charge in [-0.05, 0) is 52.3 Å². The quantitative estimate of drug-likeness (QED) is 0.618. The van der Waals surface area contributed by atoms with Gasteiger partial charge in [-0.3, -0.25) is 10.1 Å². The molecule has 0 spiro atoms. The number of furan rings is 1. The first kappa shape index (κ1) is 16.5. The summed E-state index contributed by atoms with van der Waals surface area (Å²) in [7, 11) is 1.62. The number of nitrogens with zero attached hydrogens (tertiary/aromatic N) is 1. The Balaban J connectivity index is 1.69. The van der Waals surface area contributed by atoms with E-state index in [1.807, 2.05) is 23.6 Å². The van der Waals surface area contributed by atoms with Crippen LogP contribution in [0.2, 0.25) is 0 Å². The van der Waals surface area contributed by atoms with Crippen molar-refractivity contribution >= 4 is 44.4 Å². The average Bonchev–Trinajstić information content (AvgIpc) is 3.24. The normalized spacial score (nSPS) is 10.9. The van der Waals surface area contributed by atoms with E-state index in [9.17, 15) is 4.79 Å². The highest BCUT2D eigenvalue weighted by Crippen LogP contribution is 2.32. The Hall–Kier alpha value is -2.38. The van der Waals surface area contributed by atoms with Gasteiger partial charge in [0.2, 0.25) is 5.91 Å². The number of benzene rings is 1. The van der Waals surface area contributed by atoms with Gasteiger partial charge in [-0.2, -0.15) is 0 Å². The van der Waals surface area contributed by atoms with Crippen LogP contribution in [-0.4, -0.2) is 18.0 Å². The molecule has 0 aliphatic heterocycles. The lowest BCUT2D eigenvalue weighted by Crippen LogP contribution is -2.07. The molecule has 24 heavy (non-hydrogen) atoms. The van der Waals surface area contributed by atoms with Crippen molar-refractivity contribution in [1.82, 2.24) is 4.98 Å². The molecule has 0 fully saturated rings. The molecule has 1 aromatic carbocycles. The van der Waals surface area contributed by atoms with Crippen LogP contribution in [0.3, 0.4) is 0 Å². The maximum atomic E-state index is 11.9. The highest BCUT2D eigenvalue weighted by Gasteiger charge is 2.09. The summed E-state index contributed by atoms with van der Waals surface area (Å²) in [5, 5.41) is 5.16. The highest BCUT2D eigenvalue weighted by molar-refractivity contribution is 9.10. The van der Waals surface area contributed by atoms with Crippen molar-refractivity contribution in [3.8, 4) is 17.0 Å². The second-order valence-corrected chi connectivity index (χ2v) is 6.44. The minimum absolute atomic E-state index is 0.261. The standard InChI is InChI=1S/C17H13BrN2O3S/c1-22-15-6-4-11(9-13(15)18)14-10-24-17(19-14)20-16(21)7-5-12-3-2-8-23-12/h2-10H,1H3,(H,19,20,21). The van der Waals surface area contributed by atoms with Crippen molar-refractivity contribution in [2.45, 2.75) is 0 Å². The third kappa shape index (κ3) is 3.93. The van der Waals surface area contributed by atoms with E-state index in [1.165, 1.54) is 17.4 Å². The zero-order valence-corrected chi connectivity index (χ0v) is 15.1. The molecule has 0 saturated carbocycles. The number of amides is 1. The van der Waals surface area contributed by atoms with Crippen molar-refractivity contribution < 1.29 is 13.9 Å². The number of nitrogens with one attached hydrogen (secondary N) is 1. The number of anilines is 1. The molecule has 1 amide bonds. The molecule has 0 aliphatic carbocycles. The largest absolute Gasteiger partial charge is 0.496 e. The lowest BCUT2D eigenvalue weighted by molar-refractivity contribution is -0.111. The Morgan fingerprint density at radius 2 is 2.29 bits per heavy atom. The average molecular weight is 405 g/mol. The lowest BCUT2D eigenvalue weighted by Gasteiger charge is -2.04. The molecule has 5 nitrogen and oxygen atoms in total. The fourth-order valence-electron chi connectivity index (χ4n) is 1.98. The zero-order valence-electron chi connectivity index (χ0n) is 12.7. The number of methoxy groups -OCH3 is 1. The van der Waals surface area contributed by atoms with Gasteiger partial charge in [0.25, 0.3) is 0 Å². The highest BCUT2D eigenvalue weighted by atomic mass is 79.9. The molecule has 0 unspecified atom stereocenters. The van der Waals surface area contributed by atoms with Crippen LogP contribution in [0.1, 0.15) is 5.76 Å². The SMILES string of the molecule is COc1ccc(-c2csc(NC(=O)C=Cc3ccco3)n2)cc1Br. The summed E-state index contributed by atoms with van der Waals surface area (Å²) in [4.78, 5) is 16.3. The maximum absolute atomic E-state index is 11.9. The molecule has 7 heteroatoms. The van der Waals surface area contributed by atoms with Gasteiger partial charge in [-0.1, -0.05) is 0 Å². The summed E-state index contributed by atoms with van der Waals surface area (Å²) < 4.78 is 11.2. The first-order valence-corrected chi connectivity index (χ1v) is 8.65. The number of ether oxygens (including phenoxy) is 1. The molecule has 3 aromatic rings. The lowest BCUT2D eigenvalue weighted by atomic mass is 10.2. The van der Waals surface area contributed by atoms with Gasteiger partial charge in [-0.25, -0.2) is 4.98 Å². The van der Waals surface area contributed by atoms with Crippen LogP contribution in [-0.2, 0) is 4.79 Å². The van der Waals surface area contributed by atoms with Gasteiger partial charge in [0.1, 0.15) is 11.5 Å². The van der Waals surface area contributed by atoms with Crippen LogP contribution in [0.25, 0.3) is 17.3 Å². The van der Waals surface area contributed by atoms with Gasteiger partial charge in [0, 0.05) is 17.0 Å². The molecule has 0 bridgehead atoms. The summed E-state index contributed by atoms with van der Waals surface area (Å²) >= 11 is 4.82. The van der Waals surface area contributed by atoms with Gasteiger partial charge in [-0.15, -0.1) is 11.3 Å². The van der Waals surface area contributed by atoms with E-state index in [2.05, 4.69) is 26.2 Å². The first-order chi connectivity index (χ1) is 11.7. The monoisotopic (exact) mass is 404 g/mol. The molecule has 2 aromatic heterocycles. The maximum Gasteiger partial charge on any atom is 0.250 e. The molecule has 2 heterocycles. The Labute approximate surface area is 151 Å². The molecule has 1 N–H and O–H groups in total. The summed E-state index contributed by atoms with van der Waals surface area (Å²) in [5.41, 5.74) is 1.72. The molecule has 0 saturated heterocycles. The Bertz CT molecular complexity index is 872. The molecule has 0 atom stereocenters. The van der Waals surface area contributed by atoms with E-state index in [-0.39, 0.29) is 5.91 Å². The van der Waals surface area contributed by atoms with Crippen LogP contribution in [0.15, 0.2) is 56.9 Å². The van der Waals surface area contributed by atoms with E-state index in [1.54, 1.807) is 31.6 Å². The predicted molar refractivity (Wildman–Crippen MR) is 98.2 cm³/mol. The minimum Gasteiger partial charge on any atom is -0.496 e. The summed E-state index contributed by atoms with van der Waals surface area (Å²) in [6.45, 7) is 0. The molecule has 122 valence electrons. The fourth-order valence-corrected chi connectivity index (χ4v) is 3.24. The van der Waals surface area contributed by atoms with Crippen LogP contribution < -0.4 is 10.1 Å². The first-order valence-electron chi connectivity index (χ1n) is 6.98. The smallest absolute Gasteiger partial charge is 0.250 e. The van der Waals surface area contributed by atoms with E-state index < -0.39 is 0 Å². The summed E-state index contributed by atoms with van der Waals surface area (Å²) in [6, 6.07) is 9.24. The van der Waals surface area contributed by atoms with Crippen molar-refractivity contribution in [3.05, 3.63) is 58.3 Å². The van der Waals surface area contributed by atoms with Gasteiger partial charge < -0.3 is 9.15 Å². The number of thiazole rings is 1. The van der Waals surface area contributed by atoms with Gasteiger partial charge in [0.05, 0.1) is 23.5 Å². The summed E-state index contributed by atoms with van der Waals surface area (Å²) in [6.07, 6.45) is 4.56. The van der Waals surface area contributed by atoms with Gasteiger partial charge >= 0.3 is 0 Å². The van der Waals surface area contributed by atoms with E-state index in [4.69, 9.17) is 9.15 Å².